The van der Waals surface area contributed by atoms with Gasteiger partial charge in [0, 0.05) is 35.9 Å². The Kier molecular flexibility index (Phi) is 6.41. The first-order valence-electron chi connectivity index (χ1n) is 11.5. The molecule has 0 radical (unpaired) electrons. The van der Waals surface area contributed by atoms with Crippen molar-refractivity contribution in [1.82, 2.24) is 5.32 Å². The molecule has 7 heteroatoms. The minimum atomic E-state index is -0.492. The molecule has 1 aliphatic heterocycles. The maximum Gasteiger partial charge on any atom is 0.253 e. The van der Waals surface area contributed by atoms with Crippen LogP contribution in [0.4, 0.5) is 17.1 Å². The molecular formula is C28H25Cl2N3O2. The molecule has 2 N–H and O–H groups in total. The summed E-state index contributed by atoms with van der Waals surface area (Å²) in [6.45, 7) is 3.40. The number of aryl methyl sites for hydroxylation is 1. The lowest BCUT2D eigenvalue weighted by Crippen LogP contribution is -2.40. The highest BCUT2D eigenvalue weighted by atomic mass is 35.5. The molecule has 0 aromatic heterocycles. The average Bonchev–Trinajstić information content (AvgIpc) is 2.83. The number of hydrogen-bond acceptors (Lipinski definition) is 5. The fourth-order valence-corrected chi connectivity index (χ4v) is 5.55. The van der Waals surface area contributed by atoms with Gasteiger partial charge in [0.2, 0.25) is 0 Å². The summed E-state index contributed by atoms with van der Waals surface area (Å²) in [7, 11) is 1.82. The number of fused-ring (bicyclic) bond motifs is 1. The summed E-state index contributed by atoms with van der Waals surface area (Å²) in [4.78, 5) is 26.6. The summed E-state index contributed by atoms with van der Waals surface area (Å²) < 4.78 is 0. The van der Waals surface area contributed by atoms with Crippen LogP contribution in [0.1, 0.15) is 33.9 Å². The van der Waals surface area contributed by atoms with Crippen molar-refractivity contribution < 1.29 is 0 Å². The van der Waals surface area contributed by atoms with Crippen molar-refractivity contribution in [3.63, 3.8) is 0 Å². The molecule has 4 aromatic rings. The molecular weight excluding hydrogens is 481 g/mol. The van der Waals surface area contributed by atoms with Gasteiger partial charge < -0.3 is 15.5 Å². The Hall–Kier alpha value is -3.12. The van der Waals surface area contributed by atoms with Crippen LogP contribution in [0, 0.1) is 6.92 Å². The third-order valence-electron chi connectivity index (χ3n) is 6.59. The maximum atomic E-state index is 12.4. The molecule has 5 nitrogen and oxygen atoms in total. The van der Waals surface area contributed by atoms with E-state index in [9.17, 15) is 9.59 Å². The van der Waals surface area contributed by atoms with Gasteiger partial charge in [0.1, 0.15) is 11.4 Å². The van der Waals surface area contributed by atoms with Crippen LogP contribution in [0.25, 0.3) is 0 Å². The van der Waals surface area contributed by atoms with Gasteiger partial charge in [-0.3, -0.25) is 9.59 Å². The number of anilines is 3. The lowest BCUT2D eigenvalue weighted by Gasteiger charge is -2.30. The Morgan fingerprint density at radius 3 is 2.54 bits per heavy atom. The molecule has 1 unspecified atom stereocenters. The standard InChI is InChI=1S/C28H25Cl2N3O2/c1-16-12-20(8-9-21(16)24-23-18(10-11-31-24)13-19(29)14-22(23)30)32-25-26(28(35)27(25)34)33(2)15-17-6-4-3-5-7-17/h3-9,12-14,24,31-32H,10-11,15H2,1-2H3. The molecule has 1 atom stereocenters. The SMILES string of the molecule is Cc1cc(Nc2c(N(C)Cc3ccccc3)c(=O)c2=O)ccc1C1NCCc2cc(Cl)cc(Cl)c21. The fourth-order valence-electron chi connectivity index (χ4n) is 4.90. The van der Waals surface area contributed by atoms with Crippen LogP contribution in [0.2, 0.25) is 10.0 Å². The van der Waals surface area contributed by atoms with E-state index in [2.05, 4.69) is 10.6 Å². The zero-order valence-electron chi connectivity index (χ0n) is 19.5. The van der Waals surface area contributed by atoms with E-state index in [4.69, 9.17) is 23.2 Å². The van der Waals surface area contributed by atoms with E-state index in [0.29, 0.717) is 28.0 Å². The Morgan fingerprint density at radius 2 is 1.80 bits per heavy atom. The van der Waals surface area contributed by atoms with Gasteiger partial charge in [0.05, 0.1) is 6.04 Å². The predicted molar refractivity (Wildman–Crippen MR) is 144 cm³/mol. The number of halogens is 2. The summed E-state index contributed by atoms with van der Waals surface area (Å²) in [5, 5.41) is 8.06. The average molecular weight is 506 g/mol. The minimum absolute atomic E-state index is 0.0451. The molecule has 0 spiro atoms. The highest BCUT2D eigenvalue weighted by molar-refractivity contribution is 6.35. The quantitative estimate of drug-likeness (QED) is 0.338. The smallest absolute Gasteiger partial charge is 0.253 e. The normalized spacial score (nSPS) is 15.1. The van der Waals surface area contributed by atoms with E-state index >= 15 is 0 Å². The van der Waals surface area contributed by atoms with Crippen molar-refractivity contribution in [3.05, 3.63) is 119 Å². The zero-order valence-corrected chi connectivity index (χ0v) is 21.0. The zero-order chi connectivity index (χ0) is 24.7. The third-order valence-corrected chi connectivity index (χ3v) is 7.12. The second-order valence-electron chi connectivity index (χ2n) is 9.02. The van der Waals surface area contributed by atoms with Crippen LogP contribution < -0.4 is 26.4 Å². The van der Waals surface area contributed by atoms with Crippen molar-refractivity contribution in [2.24, 2.45) is 0 Å². The van der Waals surface area contributed by atoms with Gasteiger partial charge in [-0.05, 0) is 65.4 Å². The molecule has 0 aliphatic carbocycles. The van der Waals surface area contributed by atoms with E-state index in [-0.39, 0.29) is 6.04 Å². The Balaban J connectivity index is 1.41. The molecule has 0 amide bonds. The lowest BCUT2D eigenvalue weighted by molar-refractivity contribution is 0.566. The summed E-state index contributed by atoms with van der Waals surface area (Å²) in [5.74, 6) is 0. The molecule has 1 heterocycles. The minimum Gasteiger partial charge on any atom is -0.365 e. The second-order valence-corrected chi connectivity index (χ2v) is 9.86. The van der Waals surface area contributed by atoms with Gasteiger partial charge in [-0.25, -0.2) is 0 Å². The van der Waals surface area contributed by atoms with Crippen molar-refractivity contribution in [2.45, 2.75) is 25.9 Å². The van der Waals surface area contributed by atoms with Gasteiger partial charge >= 0.3 is 0 Å². The molecule has 0 bridgehead atoms. The summed E-state index contributed by atoms with van der Waals surface area (Å²) in [6, 6.07) is 19.5. The van der Waals surface area contributed by atoms with Crippen LogP contribution in [0.5, 0.6) is 0 Å². The molecule has 0 saturated heterocycles. The van der Waals surface area contributed by atoms with Gasteiger partial charge in [-0.2, -0.15) is 0 Å². The largest absolute Gasteiger partial charge is 0.365 e. The van der Waals surface area contributed by atoms with E-state index in [1.165, 1.54) is 0 Å². The first kappa shape index (κ1) is 23.6. The molecule has 0 saturated carbocycles. The van der Waals surface area contributed by atoms with Gasteiger partial charge in [0.15, 0.2) is 0 Å². The van der Waals surface area contributed by atoms with Crippen molar-refractivity contribution >= 4 is 40.3 Å². The fraction of sp³-hybridized carbons (Fsp3) is 0.214. The van der Waals surface area contributed by atoms with E-state index in [1.807, 2.05) is 73.5 Å². The molecule has 5 rings (SSSR count). The molecule has 4 aromatic carbocycles. The van der Waals surface area contributed by atoms with E-state index in [1.54, 1.807) is 6.07 Å². The number of nitrogens with one attached hydrogen (secondary N) is 2. The Morgan fingerprint density at radius 1 is 1.03 bits per heavy atom. The third kappa shape index (κ3) is 4.47. The molecule has 178 valence electrons. The number of hydrogen-bond donors (Lipinski definition) is 2. The van der Waals surface area contributed by atoms with Crippen LogP contribution >= 0.6 is 23.2 Å². The summed E-state index contributed by atoms with van der Waals surface area (Å²) >= 11 is 12.8. The molecule has 0 fully saturated rings. The monoisotopic (exact) mass is 505 g/mol. The van der Waals surface area contributed by atoms with Gasteiger partial charge in [-0.1, -0.05) is 59.6 Å². The summed E-state index contributed by atoms with van der Waals surface area (Å²) in [6.07, 6.45) is 0.869. The van der Waals surface area contributed by atoms with Crippen LogP contribution in [-0.4, -0.2) is 13.6 Å². The van der Waals surface area contributed by atoms with Gasteiger partial charge in [-0.15, -0.1) is 0 Å². The summed E-state index contributed by atoms with van der Waals surface area (Å²) in [5.41, 5.74) is 5.97. The van der Waals surface area contributed by atoms with E-state index in [0.717, 1.165) is 46.5 Å². The van der Waals surface area contributed by atoms with Crippen LogP contribution in [0.3, 0.4) is 0 Å². The number of nitrogens with zero attached hydrogens (tertiary/aromatic N) is 1. The van der Waals surface area contributed by atoms with Crippen LogP contribution in [0.15, 0.2) is 70.3 Å². The van der Waals surface area contributed by atoms with Crippen molar-refractivity contribution in [3.8, 4) is 0 Å². The van der Waals surface area contributed by atoms with Crippen LogP contribution in [-0.2, 0) is 13.0 Å². The lowest BCUT2D eigenvalue weighted by atomic mass is 9.87. The first-order valence-corrected chi connectivity index (χ1v) is 12.3. The second kappa shape index (κ2) is 9.50. The first-order chi connectivity index (χ1) is 16.8. The number of rotatable bonds is 6. The number of benzene rings is 3. The van der Waals surface area contributed by atoms with Crippen molar-refractivity contribution in [1.29, 1.82) is 0 Å². The van der Waals surface area contributed by atoms with E-state index < -0.39 is 10.9 Å². The topological polar surface area (TPSA) is 61.4 Å². The molecule has 1 aliphatic rings. The Bertz CT molecular complexity index is 1480. The highest BCUT2D eigenvalue weighted by Crippen LogP contribution is 2.38. The van der Waals surface area contributed by atoms with Crippen molar-refractivity contribution in [2.75, 3.05) is 23.8 Å². The molecule has 35 heavy (non-hydrogen) atoms. The predicted octanol–water partition coefficient (Wildman–Crippen LogP) is 5.51. The highest BCUT2D eigenvalue weighted by Gasteiger charge is 2.27. The Labute approximate surface area is 214 Å². The maximum absolute atomic E-state index is 12.4. The van der Waals surface area contributed by atoms with Gasteiger partial charge in [0.25, 0.3) is 10.9 Å².